The SMILES string of the molecule is COC(=O)C1CCN(c2nc(C)cs2)CC1. The van der Waals surface area contributed by atoms with Gasteiger partial charge in [-0.1, -0.05) is 0 Å². The highest BCUT2D eigenvalue weighted by atomic mass is 32.1. The molecule has 1 fully saturated rings. The molecule has 1 saturated heterocycles. The Balaban J connectivity index is 1.92. The van der Waals surface area contributed by atoms with Crippen LogP contribution in [0.15, 0.2) is 5.38 Å². The lowest BCUT2D eigenvalue weighted by Crippen LogP contribution is -2.36. The van der Waals surface area contributed by atoms with Crippen LogP contribution in [0.5, 0.6) is 0 Å². The van der Waals surface area contributed by atoms with E-state index in [4.69, 9.17) is 4.74 Å². The Morgan fingerprint density at radius 2 is 2.25 bits per heavy atom. The summed E-state index contributed by atoms with van der Waals surface area (Å²) in [6.07, 6.45) is 1.73. The maximum atomic E-state index is 11.4. The molecule has 1 aliphatic rings. The number of ether oxygens (including phenoxy) is 1. The summed E-state index contributed by atoms with van der Waals surface area (Å²) >= 11 is 1.67. The van der Waals surface area contributed by atoms with Crippen molar-refractivity contribution in [2.45, 2.75) is 19.8 Å². The molecule has 1 aliphatic heterocycles. The second-order valence-electron chi connectivity index (χ2n) is 4.06. The van der Waals surface area contributed by atoms with Crippen LogP contribution >= 0.6 is 11.3 Å². The first-order chi connectivity index (χ1) is 7.70. The predicted molar refractivity (Wildman–Crippen MR) is 63.8 cm³/mol. The van der Waals surface area contributed by atoms with Gasteiger partial charge in [-0.2, -0.15) is 0 Å². The second kappa shape index (κ2) is 4.82. The van der Waals surface area contributed by atoms with Gasteiger partial charge in [0.25, 0.3) is 0 Å². The van der Waals surface area contributed by atoms with Crippen molar-refractivity contribution < 1.29 is 9.53 Å². The van der Waals surface area contributed by atoms with E-state index in [1.54, 1.807) is 11.3 Å². The monoisotopic (exact) mass is 240 g/mol. The summed E-state index contributed by atoms with van der Waals surface area (Å²) < 4.78 is 4.76. The maximum absolute atomic E-state index is 11.4. The van der Waals surface area contributed by atoms with E-state index < -0.39 is 0 Å². The fourth-order valence-electron chi connectivity index (χ4n) is 1.96. The largest absolute Gasteiger partial charge is 0.469 e. The topological polar surface area (TPSA) is 42.4 Å². The molecule has 0 spiro atoms. The molecule has 0 unspecified atom stereocenters. The molecule has 0 radical (unpaired) electrons. The predicted octanol–water partition coefficient (Wildman–Crippen LogP) is 1.84. The molecule has 0 bridgehead atoms. The van der Waals surface area contributed by atoms with Crippen LogP contribution in [0.3, 0.4) is 0 Å². The zero-order valence-corrected chi connectivity index (χ0v) is 10.4. The van der Waals surface area contributed by atoms with Gasteiger partial charge < -0.3 is 9.64 Å². The van der Waals surface area contributed by atoms with Crippen molar-refractivity contribution in [3.63, 3.8) is 0 Å². The van der Waals surface area contributed by atoms with Gasteiger partial charge in [0.2, 0.25) is 0 Å². The van der Waals surface area contributed by atoms with E-state index in [0.717, 1.165) is 36.8 Å². The van der Waals surface area contributed by atoms with Gasteiger partial charge in [0, 0.05) is 18.5 Å². The molecule has 1 aromatic rings. The number of aromatic nitrogens is 1. The molecule has 4 nitrogen and oxygen atoms in total. The summed E-state index contributed by atoms with van der Waals surface area (Å²) in [5.41, 5.74) is 1.06. The maximum Gasteiger partial charge on any atom is 0.308 e. The lowest BCUT2D eigenvalue weighted by atomic mass is 9.97. The van der Waals surface area contributed by atoms with Crippen LogP contribution in [0.2, 0.25) is 0 Å². The van der Waals surface area contributed by atoms with Gasteiger partial charge in [-0.15, -0.1) is 11.3 Å². The van der Waals surface area contributed by atoms with E-state index in [1.165, 1.54) is 7.11 Å². The fourth-order valence-corrected chi connectivity index (χ4v) is 2.82. The highest BCUT2D eigenvalue weighted by Crippen LogP contribution is 2.26. The molecule has 88 valence electrons. The Hall–Kier alpha value is -1.10. The first-order valence-corrected chi connectivity index (χ1v) is 6.33. The molecule has 5 heteroatoms. The highest BCUT2D eigenvalue weighted by Gasteiger charge is 2.26. The average molecular weight is 240 g/mol. The van der Waals surface area contributed by atoms with E-state index in [0.29, 0.717) is 0 Å². The smallest absolute Gasteiger partial charge is 0.308 e. The molecule has 2 heterocycles. The van der Waals surface area contributed by atoms with Gasteiger partial charge in [0.1, 0.15) is 0 Å². The van der Waals surface area contributed by atoms with E-state index >= 15 is 0 Å². The first kappa shape index (κ1) is 11.4. The molecule has 0 aliphatic carbocycles. The zero-order chi connectivity index (χ0) is 11.5. The molecule has 2 rings (SSSR count). The number of anilines is 1. The summed E-state index contributed by atoms with van der Waals surface area (Å²) in [5, 5.41) is 3.13. The van der Waals surface area contributed by atoms with E-state index in [9.17, 15) is 4.79 Å². The van der Waals surface area contributed by atoms with Gasteiger partial charge in [0.05, 0.1) is 18.7 Å². The number of thiazole rings is 1. The van der Waals surface area contributed by atoms with Crippen molar-refractivity contribution in [3.05, 3.63) is 11.1 Å². The summed E-state index contributed by atoms with van der Waals surface area (Å²) in [6.45, 7) is 3.79. The van der Waals surface area contributed by atoms with Crippen molar-refractivity contribution >= 4 is 22.4 Å². The molecular formula is C11H16N2O2S. The van der Waals surface area contributed by atoms with Crippen LogP contribution in [0.4, 0.5) is 5.13 Å². The summed E-state index contributed by atoms with van der Waals surface area (Å²) in [7, 11) is 1.46. The van der Waals surface area contributed by atoms with Crippen LogP contribution < -0.4 is 4.90 Å². The minimum atomic E-state index is -0.0741. The number of methoxy groups -OCH3 is 1. The van der Waals surface area contributed by atoms with Crippen LogP contribution in [0.25, 0.3) is 0 Å². The number of hydrogen-bond acceptors (Lipinski definition) is 5. The van der Waals surface area contributed by atoms with Gasteiger partial charge in [-0.25, -0.2) is 4.98 Å². The minimum Gasteiger partial charge on any atom is -0.469 e. The Bertz CT molecular complexity index is 370. The number of hydrogen-bond donors (Lipinski definition) is 0. The molecule has 0 atom stereocenters. The van der Waals surface area contributed by atoms with Crippen molar-refractivity contribution in [2.24, 2.45) is 5.92 Å². The van der Waals surface area contributed by atoms with Crippen molar-refractivity contribution in [1.29, 1.82) is 0 Å². The van der Waals surface area contributed by atoms with Crippen molar-refractivity contribution in [1.82, 2.24) is 4.98 Å². The first-order valence-electron chi connectivity index (χ1n) is 5.45. The quantitative estimate of drug-likeness (QED) is 0.740. The molecular weight excluding hydrogens is 224 g/mol. The van der Waals surface area contributed by atoms with Crippen LogP contribution in [-0.4, -0.2) is 31.2 Å². The van der Waals surface area contributed by atoms with Gasteiger partial charge >= 0.3 is 5.97 Å². The van der Waals surface area contributed by atoms with Crippen LogP contribution in [-0.2, 0) is 9.53 Å². The van der Waals surface area contributed by atoms with Crippen molar-refractivity contribution in [2.75, 3.05) is 25.1 Å². The normalized spacial score (nSPS) is 17.5. The lowest BCUT2D eigenvalue weighted by molar-refractivity contribution is -0.146. The standard InChI is InChI=1S/C11H16N2O2S/c1-8-7-16-11(12-8)13-5-3-9(4-6-13)10(14)15-2/h7,9H,3-6H2,1-2H3. The Kier molecular flexibility index (Phi) is 3.43. The number of nitrogens with zero attached hydrogens (tertiary/aromatic N) is 2. The molecule has 0 amide bonds. The molecule has 0 N–H and O–H groups in total. The minimum absolute atomic E-state index is 0.0716. The number of aryl methyl sites for hydroxylation is 1. The Labute approximate surface area is 99.2 Å². The summed E-state index contributed by atoms with van der Waals surface area (Å²) in [6, 6.07) is 0. The van der Waals surface area contributed by atoms with Gasteiger partial charge in [-0.05, 0) is 19.8 Å². The number of esters is 1. The highest BCUT2D eigenvalue weighted by molar-refractivity contribution is 7.13. The average Bonchev–Trinajstić information content (AvgIpc) is 2.75. The third kappa shape index (κ3) is 2.35. The summed E-state index contributed by atoms with van der Waals surface area (Å²) in [4.78, 5) is 18.1. The fraction of sp³-hybridized carbons (Fsp3) is 0.636. The molecule has 1 aromatic heterocycles. The Morgan fingerprint density at radius 1 is 1.56 bits per heavy atom. The van der Waals surface area contributed by atoms with E-state index in [1.807, 2.05) is 6.92 Å². The molecule has 16 heavy (non-hydrogen) atoms. The van der Waals surface area contributed by atoms with Gasteiger partial charge in [-0.3, -0.25) is 4.79 Å². The number of carbonyl (C=O) groups is 1. The molecule has 0 saturated carbocycles. The lowest BCUT2D eigenvalue weighted by Gasteiger charge is -2.30. The van der Waals surface area contributed by atoms with Gasteiger partial charge in [0.15, 0.2) is 5.13 Å². The number of rotatable bonds is 2. The summed E-state index contributed by atoms with van der Waals surface area (Å²) in [5.74, 6) is -0.00252. The van der Waals surface area contributed by atoms with E-state index in [-0.39, 0.29) is 11.9 Å². The number of carbonyl (C=O) groups excluding carboxylic acids is 1. The van der Waals surface area contributed by atoms with Crippen LogP contribution in [0.1, 0.15) is 18.5 Å². The van der Waals surface area contributed by atoms with E-state index in [2.05, 4.69) is 15.3 Å². The molecule has 0 aromatic carbocycles. The van der Waals surface area contributed by atoms with Crippen molar-refractivity contribution in [3.8, 4) is 0 Å². The zero-order valence-electron chi connectivity index (χ0n) is 9.60. The van der Waals surface area contributed by atoms with Crippen LogP contribution in [0, 0.1) is 12.8 Å². The third-order valence-electron chi connectivity index (χ3n) is 2.91. The third-order valence-corrected chi connectivity index (χ3v) is 3.93. The second-order valence-corrected chi connectivity index (χ2v) is 4.89. The number of piperidine rings is 1. The Morgan fingerprint density at radius 3 is 2.75 bits per heavy atom.